The molecular formula is C4H8N2O. The zero-order chi connectivity index (χ0) is 5.28. The van der Waals surface area contributed by atoms with Crippen molar-refractivity contribution < 1.29 is 4.79 Å². The molecule has 0 aromatic rings. The maximum absolute atomic E-state index is 9.84. The number of hydrazine groups is 1. The molecule has 3 nitrogen and oxygen atoms in total. The van der Waals surface area contributed by atoms with Crippen LogP contribution in [0.15, 0.2) is 0 Å². The number of carbonyl (C=O) groups is 1. The van der Waals surface area contributed by atoms with Crippen LogP contribution >= 0.6 is 0 Å². The van der Waals surface area contributed by atoms with Crippen LogP contribution in [-0.4, -0.2) is 30.9 Å². The highest BCUT2D eigenvalue weighted by Crippen LogP contribution is 1.93. The zero-order valence-corrected chi connectivity index (χ0v) is 4.22. The molecule has 0 amide bonds. The van der Waals surface area contributed by atoms with Gasteiger partial charge in [0.15, 0.2) is 0 Å². The van der Waals surface area contributed by atoms with E-state index in [2.05, 4.69) is 5.43 Å². The van der Waals surface area contributed by atoms with Crippen molar-refractivity contribution >= 4 is 6.29 Å². The Labute approximate surface area is 42.3 Å². The van der Waals surface area contributed by atoms with Gasteiger partial charge in [-0.1, -0.05) is 0 Å². The van der Waals surface area contributed by atoms with Gasteiger partial charge in [-0.15, -0.1) is 0 Å². The fourth-order valence-corrected chi connectivity index (χ4v) is 0.633. The van der Waals surface area contributed by atoms with Crippen molar-refractivity contribution in [3.63, 3.8) is 0 Å². The smallest absolute Gasteiger partial charge is 0.139 e. The van der Waals surface area contributed by atoms with Crippen LogP contribution < -0.4 is 5.43 Å². The van der Waals surface area contributed by atoms with E-state index in [0.717, 1.165) is 12.8 Å². The molecule has 0 radical (unpaired) electrons. The minimum absolute atomic E-state index is 0.0880. The molecule has 0 aromatic carbocycles. The molecule has 1 N–H and O–H groups in total. The third-order valence-electron chi connectivity index (χ3n) is 1.02. The third kappa shape index (κ3) is 0.783. The predicted octanol–water partition coefficient (Wildman–Crippen LogP) is -0.996. The first kappa shape index (κ1) is 4.74. The Morgan fingerprint density at radius 2 is 2.57 bits per heavy atom. The molecule has 1 saturated heterocycles. The molecule has 7 heavy (non-hydrogen) atoms. The first-order chi connectivity index (χ1) is 3.33. The van der Waals surface area contributed by atoms with Gasteiger partial charge in [-0.3, -0.25) is 0 Å². The van der Waals surface area contributed by atoms with E-state index in [1.807, 2.05) is 12.1 Å². The van der Waals surface area contributed by atoms with E-state index >= 15 is 0 Å². The molecule has 0 spiro atoms. The number of aldehydes is 1. The number of hydrogen-bond acceptors (Lipinski definition) is 3. The summed E-state index contributed by atoms with van der Waals surface area (Å²) in [5, 5.41) is 1.87. The fraction of sp³-hybridized carbons (Fsp3) is 0.750. The Bertz CT molecular complexity index is 77.8. The van der Waals surface area contributed by atoms with E-state index in [1.165, 1.54) is 0 Å². The van der Waals surface area contributed by atoms with Crippen LogP contribution in [0, 0.1) is 0 Å². The average molecular weight is 100 g/mol. The Hall–Kier alpha value is -0.410. The molecule has 1 aliphatic heterocycles. The van der Waals surface area contributed by atoms with Crippen molar-refractivity contribution in [2.24, 2.45) is 0 Å². The summed E-state index contributed by atoms with van der Waals surface area (Å²) >= 11 is 0. The van der Waals surface area contributed by atoms with Crippen LogP contribution in [0.5, 0.6) is 0 Å². The van der Waals surface area contributed by atoms with Crippen molar-refractivity contribution in [1.82, 2.24) is 10.4 Å². The van der Waals surface area contributed by atoms with Crippen LogP contribution in [-0.2, 0) is 4.79 Å². The summed E-state index contributed by atoms with van der Waals surface area (Å²) in [7, 11) is 1.90. The van der Waals surface area contributed by atoms with E-state index in [9.17, 15) is 4.79 Å². The molecule has 3 heteroatoms. The maximum atomic E-state index is 9.84. The Morgan fingerprint density at radius 1 is 2.00 bits per heavy atom. The zero-order valence-electron chi connectivity index (χ0n) is 4.22. The normalized spacial score (nSPS) is 31.9. The van der Waals surface area contributed by atoms with Crippen molar-refractivity contribution in [3.05, 3.63) is 0 Å². The maximum Gasteiger partial charge on any atom is 0.139 e. The standard InChI is InChI=1S/C4H8N2O/c1-6-2-4(3-7)5-6/h3-5H,2H2,1H3. The second-order valence-corrected chi connectivity index (χ2v) is 1.75. The molecule has 40 valence electrons. The number of nitrogens with zero attached hydrogens (tertiary/aromatic N) is 1. The number of rotatable bonds is 1. The van der Waals surface area contributed by atoms with Crippen molar-refractivity contribution in [3.8, 4) is 0 Å². The van der Waals surface area contributed by atoms with Crippen molar-refractivity contribution in [1.29, 1.82) is 0 Å². The molecule has 1 atom stereocenters. The van der Waals surface area contributed by atoms with Gasteiger partial charge in [-0.05, 0) is 0 Å². The first-order valence-electron chi connectivity index (χ1n) is 2.25. The van der Waals surface area contributed by atoms with E-state index in [1.54, 1.807) is 0 Å². The summed E-state index contributed by atoms with van der Waals surface area (Å²) in [6, 6.07) is 0.0880. The SMILES string of the molecule is CN1CC(C=O)N1. The van der Waals surface area contributed by atoms with E-state index in [4.69, 9.17) is 0 Å². The quantitative estimate of drug-likeness (QED) is 0.429. The average Bonchev–Trinajstić information content (AvgIpc) is 1.58. The molecule has 1 heterocycles. The van der Waals surface area contributed by atoms with Gasteiger partial charge in [0, 0.05) is 13.6 Å². The van der Waals surface area contributed by atoms with E-state index in [0.29, 0.717) is 0 Å². The van der Waals surface area contributed by atoms with E-state index < -0.39 is 0 Å². The minimum atomic E-state index is 0.0880. The Kier molecular flexibility index (Phi) is 1.08. The summed E-state index contributed by atoms with van der Waals surface area (Å²) in [5.74, 6) is 0. The summed E-state index contributed by atoms with van der Waals surface area (Å²) < 4.78 is 0. The van der Waals surface area contributed by atoms with Gasteiger partial charge < -0.3 is 4.79 Å². The molecule has 1 rings (SSSR count). The third-order valence-corrected chi connectivity index (χ3v) is 1.02. The molecule has 0 bridgehead atoms. The topological polar surface area (TPSA) is 32.3 Å². The summed E-state index contributed by atoms with van der Waals surface area (Å²) in [6.07, 6.45) is 0.917. The van der Waals surface area contributed by atoms with Crippen molar-refractivity contribution in [2.75, 3.05) is 13.6 Å². The molecule has 1 aliphatic rings. The number of hydrogen-bond donors (Lipinski definition) is 1. The summed E-state index contributed by atoms with van der Waals surface area (Å²) in [5.41, 5.74) is 2.86. The predicted molar refractivity (Wildman–Crippen MR) is 25.6 cm³/mol. The summed E-state index contributed by atoms with van der Waals surface area (Å²) in [4.78, 5) is 9.84. The monoisotopic (exact) mass is 100 g/mol. The minimum Gasteiger partial charge on any atom is -0.302 e. The van der Waals surface area contributed by atoms with E-state index in [-0.39, 0.29) is 6.04 Å². The van der Waals surface area contributed by atoms with Gasteiger partial charge in [0.25, 0.3) is 0 Å². The Morgan fingerprint density at radius 3 is 2.71 bits per heavy atom. The lowest BCUT2D eigenvalue weighted by molar-refractivity contribution is -0.115. The van der Waals surface area contributed by atoms with Crippen LogP contribution in [0.2, 0.25) is 0 Å². The number of nitrogens with one attached hydrogen (secondary N) is 1. The molecular weight excluding hydrogens is 92.1 g/mol. The number of likely N-dealkylation sites (N-methyl/N-ethyl adjacent to an activating group) is 1. The van der Waals surface area contributed by atoms with Gasteiger partial charge in [-0.2, -0.15) is 0 Å². The van der Waals surface area contributed by atoms with Gasteiger partial charge in [0.05, 0.1) is 6.04 Å². The molecule has 1 unspecified atom stereocenters. The van der Waals surface area contributed by atoms with Crippen LogP contribution in [0.3, 0.4) is 0 Å². The molecule has 0 aliphatic carbocycles. The highest BCUT2D eigenvalue weighted by Gasteiger charge is 2.20. The first-order valence-corrected chi connectivity index (χ1v) is 2.25. The largest absolute Gasteiger partial charge is 0.302 e. The van der Waals surface area contributed by atoms with Gasteiger partial charge in [0.2, 0.25) is 0 Å². The second kappa shape index (κ2) is 1.60. The van der Waals surface area contributed by atoms with Crippen LogP contribution in [0.4, 0.5) is 0 Å². The van der Waals surface area contributed by atoms with Gasteiger partial charge in [-0.25, -0.2) is 10.4 Å². The highest BCUT2D eigenvalue weighted by atomic mass is 16.1. The summed E-state index contributed by atoms with van der Waals surface area (Å²) in [6.45, 7) is 0.851. The lowest BCUT2D eigenvalue weighted by Crippen LogP contribution is -2.60. The van der Waals surface area contributed by atoms with Crippen LogP contribution in [0.1, 0.15) is 0 Å². The van der Waals surface area contributed by atoms with Gasteiger partial charge in [0.1, 0.15) is 6.29 Å². The molecule has 1 fully saturated rings. The van der Waals surface area contributed by atoms with Crippen LogP contribution in [0.25, 0.3) is 0 Å². The lowest BCUT2D eigenvalue weighted by atomic mass is 10.3. The fourth-order valence-electron chi connectivity index (χ4n) is 0.633. The second-order valence-electron chi connectivity index (χ2n) is 1.75. The number of carbonyl (C=O) groups excluding carboxylic acids is 1. The van der Waals surface area contributed by atoms with Crippen molar-refractivity contribution in [2.45, 2.75) is 6.04 Å². The molecule has 0 saturated carbocycles. The highest BCUT2D eigenvalue weighted by molar-refractivity contribution is 5.58. The lowest BCUT2D eigenvalue weighted by Gasteiger charge is -2.33. The Balaban J connectivity index is 2.17. The van der Waals surface area contributed by atoms with Gasteiger partial charge >= 0.3 is 0 Å². The molecule has 0 aromatic heterocycles.